The molecule has 0 unspecified atom stereocenters. The summed E-state index contributed by atoms with van der Waals surface area (Å²) in [6.07, 6.45) is 4.12. The van der Waals surface area contributed by atoms with Crippen LogP contribution in [0.15, 0.2) is 35.9 Å². The predicted octanol–water partition coefficient (Wildman–Crippen LogP) is 2.86. The number of aliphatic carboxylic acids is 1. The van der Waals surface area contributed by atoms with E-state index < -0.39 is 5.97 Å². The van der Waals surface area contributed by atoms with Crippen molar-refractivity contribution >= 4 is 11.7 Å². The summed E-state index contributed by atoms with van der Waals surface area (Å²) in [5.41, 5.74) is 3.63. The van der Waals surface area contributed by atoms with Crippen molar-refractivity contribution in [3.63, 3.8) is 0 Å². The van der Waals surface area contributed by atoms with Crippen molar-refractivity contribution in [1.29, 1.82) is 0 Å². The van der Waals surface area contributed by atoms with E-state index in [1.165, 1.54) is 17.3 Å². The lowest BCUT2D eigenvalue weighted by Crippen LogP contribution is -2.30. The zero-order chi connectivity index (χ0) is 13.0. The number of carboxylic acid groups (broad SMARTS) is 1. The van der Waals surface area contributed by atoms with Gasteiger partial charge in [0.15, 0.2) is 0 Å². The Morgan fingerprint density at radius 3 is 2.39 bits per heavy atom. The Labute approximate surface area is 108 Å². The van der Waals surface area contributed by atoms with Crippen molar-refractivity contribution in [2.24, 2.45) is 0 Å². The van der Waals surface area contributed by atoms with Crippen LogP contribution in [0.2, 0.25) is 0 Å². The van der Waals surface area contributed by atoms with E-state index >= 15 is 0 Å². The molecular formula is C15H19NO2. The van der Waals surface area contributed by atoms with Gasteiger partial charge in [-0.1, -0.05) is 24.6 Å². The Morgan fingerprint density at radius 2 is 1.89 bits per heavy atom. The van der Waals surface area contributed by atoms with E-state index in [4.69, 9.17) is 5.11 Å². The molecule has 1 aromatic carbocycles. The maximum Gasteiger partial charge on any atom is 0.328 e. The molecule has 0 radical (unpaired) electrons. The average molecular weight is 245 g/mol. The minimum Gasteiger partial charge on any atom is -0.478 e. The fraction of sp³-hybridized carbons (Fsp3) is 0.400. The number of carbonyl (C=O) groups is 1. The molecule has 96 valence electrons. The average Bonchev–Trinajstić information content (AvgIpc) is 2.39. The Morgan fingerprint density at radius 1 is 1.28 bits per heavy atom. The Kier molecular flexibility index (Phi) is 4.03. The number of nitrogens with zero attached hydrogens (tertiary/aromatic N) is 1. The van der Waals surface area contributed by atoms with Crippen LogP contribution in [-0.4, -0.2) is 24.2 Å². The SMILES string of the molecule is CCc1ccc(N2CCC(=CC(=O)O)CC2)cc1. The summed E-state index contributed by atoms with van der Waals surface area (Å²) in [5.74, 6) is -0.828. The molecule has 0 aromatic heterocycles. The molecule has 1 saturated heterocycles. The van der Waals surface area contributed by atoms with Crippen LogP contribution in [0.1, 0.15) is 25.3 Å². The second-order valence-corrected chi connectivity index (χ2v) is 4.65. The summed E-state index contributed by atoms with van der Waals surface area (Å²) in [4.78, 5) is 12.9. The first kappa shape index (κ1) is 12.7. The Balaban J connectivity index is 1.98. The van der Waals surface area contributed by atoms with Gasteiger partial charge in [-0.15, -0.1) is 0 Å². The van der Waals surface area contributed by atoms with Crippen molar-refractivity contribution in [2.45, 2.75) is 26.2 Å². The number of rotatable bonds is 3. The lowest BCUT2D eigenvalue weighted by atomic mass is 10.0. The van der Waals surface area contributed by atoms with Crippen LogP contribution in [0.5, 0.6) is 0 Å². The van der Waals surface area contributed by atoms with Crippen LogP contribution in [-0.2, 0) is 11.2 Å². The molecule has 1 heterocycles. The van der Waals surface area contributed by atoms with Crippen molar-refractivity contribution in [1.82, 2.24) is 0 Å². The minimum atomic E-state index is -0.828. The molecule has 1 aliphatic heterocycles. The van der Waals surface area contributed by atoms with Gasteiger partial charge in [0, 0.05) is 24.9 Å². The number of piperidine rings is 1. The second-order valence-electron chi connectivity index (χ2n) is 4.65. The van der Waals surface area contributed by atoms with Crippen molar-refractivity contribution in [3.8, 4) is 0 Å². The van der Waals surface area contributed by atoms with Gasteiger partial charge < -0.3 is 10.0 Å². The van der Waals surface area contributed by atoms with Gasteiger partial charge >= 0.3 is 5.97 Å². The molecule has 1 fully saturated rings. The molecule has 18 heavy (non-hydrogen) atoms. The van der Waals surface area contributed by atoms with Crippen LogP contribution in [0.25, 0.3) is 0 Å². The van der Waals surface area contributed by atoms with Gasteiger partial charge in [-0.2, -0.15) is 0 Å². The monoisotopic (exact) mass is 245 g/mol. The van der Waals surface area contributed by atoms with Gasteiger partial charge in [0.05, 0.1) is 0 Å². The third-order valence-corrected chi connectivity index (χ3v) is 3.44. The third-order valence-electron chi connectivity index (χ3n) is 3.44. The Bertz CT molecular complexity index is 438. The molecular weight excluding hydrogens is 226 g/mol. The number of hydrogen-bond donors (Lipinski definition) is 1. The van der Waals surface area contributed by atoms with Gasteiger partial charge in [-0.25, -0.2) is 4.79 Å². The molecule has 0 spiro atoms. The van der Waals surface area contributed by atoms with Gasteiger partial charge in [0.25, 0.3) is 0 Å². The van der Waals surface area contributed by atoms with E-state index in [0.717, 1.165) is 37.9 Å². The summed E-state index contributed by atoms with van der Waals surface area (Å²) >= 11 is 0. The van der Waals surface area contributed by atoms with Crippen LogP contribution >= 0.6 is 0 Å². The summed E-state index contributed by atoms with van der Waals surface area (Å²) in [6.45, 7) is 3.97. The van der Waals surface area contributed by atoms with Crippen LogP contribution in [0.4, 0.5) is 5.69 Å². The maximum absolute atomic E-state index is 10.6. The van der Waals surface area contributed by atoms with Gasteiger partial charge in [-0.05, 0) is 37.0 Å². The fourth-order valence-electron chi connectivity index (χ4n) is 2.31. The molecule has 1 N–H and O–H groups in total. The normalized spacial score (nSPS) is 15.6. The van der Waals surface area contributed by atoms with Crippen molar-refractivity contribution in [3.05, 3.63) is 41.5 Å². The summed E-state index contributed by atoms with van der Waals surface area (Å²) < 4.78 is 0. The molecule has 0 bridgehead atoms. The summed E-state index contributed by atoms with van der Waals surface area (Å²) in [5, 5.41) is 8.72. The smallest absolute Gasteiger partial charge is 0.328 e. The second kappa shape index (κ2) is 5.71. The van der Waals surface area contributed by atoms with Gasteiger partial charge in [0.1, 0.15) is 0 Å². The number of carboxylic acids is 1. The highest BCUT2D eigenvalue weighted by atomic mass is 16.4. The lowest BCUT2D eigenvalue weighted by Gasteiger charge is -2.30. The molecule has 1 aliphatic rings. The van der Waals surface area contributed by atoms with E-state index in [2.05, 4.69) is 36.1 Å². The first-order valence-corrected chi connectivity index (χ1v) is 6.45. The maximum atomic E-state index is 10.6. The number of aryl methyl sites for hydroxylation is 1. The number of benzene rings is 1. The van der Waals surface area contributed by atoms with Crippen LogP contribution in [0, 0.1) is 0 Å². The Hall–Kier alpha value is -1.77. The highest BCUT2D eigenvalue weighted by Gasteiger charge is 2.14. The summed E-state index contributed by atoms with van der Waals surface area (Å²) in [7, 11) is 0. The van der Waals surface area contributed by atoms with Crippen molar-refractivity contribution < 1.29 is 9.90 Å². The van der Waals surface area contributed by atoms with Gasteiger partial charge in [0.2, 0.25) is 0 Å². The summed E-state index contributed by atoms with van der Waals surface area (Å²) in [6, 6.07) is 8.64. The lowest BCUT2D eigenvalue weighted by molar-refractivity contribution is -0.131. The van der Waals surface area contributed by atoms with E-state index in [1.807, 2.05) is 0 Å². The quantitative estimate of drug-likeness (QED) is 0.832. The van der Waals surface area contributed by atoms with Crippen LogP contribution < -0.4 is 4.90 Å². The number of hydrogen-bond acceptors (Lipinski definition) is 2. The van der Waals surface area contributed by atoms with E-state index in [9.17, 15) is 4.79 Å². The highest BCUT2D eigenvalue weighted by molar-refractivity contribution is 5.80. The number of anilines is 1. The molecule has 0 aliphatic carbocycles. The van der Waals surface area contributed by atoms with Crippen LogP contribution in [0.3, 0.4) is 0 Å². The van der Waals surface area contributed by atoms with E-state index in [-0.39, 0.29) is 0 Å². The highest BCUT2D eigenvalue weighted by Crippen LogP contribution is 2.23. The molecule has 0 saturated carbocycles. The first-order chi connectivity index (χ1) is 8.69. The first-order valence-electron chi connectivity index (χ1n) is 6.45. The van der Waals surface area contributed by atoms with E-state index in [1.54, 1.807) is 0 Å². The largest absolute Gasteiger partial charge is 0.478 e. The standard InChI is InChI=1S/C15H19NO2/c1-2-12-3-5-14(6-4-12)16-9-7-13(8-10-16)11-15(17)18/h3-6,11H,2,7-10H2,1H3,(H,17,18). The molecule has 0 amide bonds. The zero-order valence-corrected chi connectivity index (χ0v) is 10.7. The molecule has 3 heteroatoms. The topological polar surface area (TPSA) is 40.5 Å². The molecule has 2 rings (SSSR count). The van der Waals surface area contributed by atoms with E-state index in [0.29, 0.717) is 0 Å². The third kappa shape index (κ3) is 3.13. The predicted molar refractivity (Wildman–Crippen MR) is 73.0 cm³/mol. The van der Waals surface area contributed by atoms with Gasteiger partial charge in [-0.3, -0.25) is 0 Å². The minimum absolute atomic E-state index is 0.828. The van der Waals surface area contributed by atoms with Crippen molar-refractivity contribution in [2.75, 3.05) is 18.0 Å². The zero-order valence-electron chi connectivity index (χ0n) is 10.7. The fourth-order valence-corrected chi connectivity index (χ4v) is 2.31. The molecule has 3 nitrogen and oxygen atoms in total. The molecule has 0 atom stereocenters. The molecule has 1 aromatic rings.